The van der Waals surface area contributed by atoms with Crippen molar-refractivity contribution in [1.29, 1.82) is 0 Å². The van der Waals surface area contributed by atoms with E-state index < -0.39 is 6.10 Å². The topological polar surface area (TPSA) is 65.5 Å². The fourth-order valence-corrected chi connectivity index (χ4v) is 1.60. The van der Waals surface area contributed by atoms with Crippen LogP contribution in [0, 0.1) is 0 Å². The molecule has 1 atom stereocenters. The van der Waals surface area contributed by atoms with Crippen LogP contribution < -0.4 is 5.32 Å². The Morgan fingerprint density at radius 2 is 2.33 bits per heavy atom. The van der Waals surface area contributed by atoms with Crippen LogP contribution in [0.4, 0.5) is 5.69 Å². The summed E-state index contributed by atoms with van der Waals surface area (Å²) in [6, 6.07) is 1.79. The first kappa shape index (κ1) is 14.4. The van der Waals surface area contributed by atoms with Crippen molar-refractivity contribution in [2.45, 2.75) is 26.4 Å². The van der Waals surface area contributed by atoms with Crippen LogP contribution >= 0.6 is 0 Å². The van der Waals surface area contributed by atoms with E-state index in [1.165, 1.54) is 0 Å². The zero-order valence-corrected chi connectivity index (χ0v) is 11.2. The fourth-order valence-electron chi connectivity index (χ4n) is 1.60. The second-order valence-corrected chi connectivity index (χ2v) is 4.32. The molecule has 1 unspecified atom stereocenters. The van der Waals surface area contributed by atoms with E-state index in [0.717, 1.165) is 12.2 Å². The molecule has 1 heterocycles. The molecule has 0 aromatic carbocycles. The molecule has 0 fully saturated rings. The summed E-state index contributed by atoms with van der Waals surface area (Å²) in [4.78, 5) is 17.8. The molecule has 0 bridgehead atoms. The van der Waals surface area contributed by atoms with Gasteiger partial charge in [0.15, 0.2) is 0 Å². The van der Waals surface area contributed by atoms with E-state index in [4.69, 9.17) is 0 Å². The van der Waals surface area contributed by atoms with E-state index in [9.17, 15) is 9.90 Å². The van der Waals surface area contributed by atoms with E-state index in [0.29, 0.717) is 18.5 Å². The fraction of sp³-hybridized carbons (Fsp3) is 0.538. The number of anilines is 1. The van der Waals surface area contributed by atoms with Crippen molar-refractivity contribution in [3.63, 3.8) is 0 Å². The Labute approximate surface area is 108 Å². The molecule has 5 heteroatoms. The highest BCUT2D eigenvalue weighted by Gasteiger charge is 2.15. The van der Waals surface area contributed by atoms with Gasteiger partial charge in [-0.2, -0.15) is 0 Å². The lowest BCUT2D eigenvalue weighted by Crippen LogP contribution is -2.30. The van der Waals surface area contributed by atoms with Crippen LogP contribution in [-0.2, 0) is 0 Å². The Hall–Kier alpha value is -1.62. The lowest BCUT2D eigenvalue weighted by atomic mass is 10.2. The standard InChI is InChI=1S/C13H21N3O2/c1-4-15-12-5-7-14-9-11(12)13(18)16(3)8-6-10(2)17/h5,7,9-10,17H,4,6,8H2,1-3H3,(H,14,15). The van der Waals surface area contributed by atoms with Crippen LogP contribution in [-0.4, -0.2) is 47.1 Å². The highest BCUT2D eigenvalue weighted by Crippen LogP contribution is 2.15. The Kier molecular flexibility index (Phi) is 5.58. The normalized spacial score (nSPS) is 12.0. The number of carbonyl (C=O) groups excluding carboxylic acids is 1. The van der Waals surface area contributed by atoms with Gasteiger partial charge < -0.3 is 15.3 Å². The molecule has 0 spiro atoms. The highest BCUT2D eigenvalue weighted by atomic mass is 16.3. The number of aliphatic hydroxyl groups excluding tert-OH is 1. The van der Waals surface area contributed by atoms with Gasteiger partial charge in [-0.3, -0.25) is 9.78 Å². The first-order valence-corrected chi connectivity index (χ1v) is 6.17. The van der Waals surface area contributed by atoms with Crippen LogP contribution in [0.25, 0.3) is 0 Å². The van der Waals surface area contributed by atoms with Gasteiger partial charge in [0.1, 0.15) is 0 Å². The number of hydrogen-bond donors (Lipinski definition) is 2. The number of aliphatic hydroxyl groups is 1. The van der Waals surface area contributed by atoms with E-state index in [-0.39, 0.29) is 5.91 Å². The predicted octanol–water partition coefficient (Wildman–Crippen LogP) is 1.36. The van der Waals surface area contributed by atoms with Crippen molar-refractivity contribution in [3.05, 3.63) is 24.0 Å². The highest BCUT2D eigenvalue weighted by molar-refractivity contribution is 5.99. The van der Waals surface area contributed by atoms with Crippen molar-refractivity contribution >= 4 is 11.6 Å². The second-order valence-electron chi connectivity index (χ2n) is 4.32. The Morgan fingerprint density at radius 3 is 2.94 bits per heavy atom. The van der Waals surface area contributed by atoms with Gasteiger partial charge in [-0.05, 0) is 26.3 Å². The maximum absolute atomic E-state index is 12.2. The molecule has 2 N–H and O–H groups in total. The smallest absolute Gasteiger partial charge is 0.257 e. The summed E-state index contributed by atoms with van der Waals surface area (Å²) in [7, 11) is 1.73. The van der Waals surface area contributed by atoms with Crippen LogP contribution in [0.15, 0.2) is 18.5 Å². The van der Waals surface area contributed by atoms with Crippen LogP contribution in [0.2, 0.25) is 0 Å². The SMILES string of the molecule is CCNc1ccncc1C(=O)N(C)CCC(C)O. The molecule has 0 aliphatic heterocycles. The molecule has 5 nitrogen and oxygen atoms in total. The number of aromatic nitrogens is 1. The van der Waals surface area contributed by atoms with Gasteiger partial charge in [0, 0.05) is 32.5 Å². The number of carbonyl (C=O) groups is 1. The molecular weight excluding hydrogens is 230 g/mol. The molecule has 0 aliphatic carbocycles. The van der Waals surface area contributed by atoms with Gasteiger partial charge in [-0.25, -0.2) is 0 Å². The lowest BCUT2D eigenvalue weighted by molar-refractivity contribution is 0.0769. The predicted molar refractivity (Wildman–Crippen MR) is 71.7 cm³/mol. The minimum atomic E-state index is -0.401. The third-order valence-electron chi connectivity index (χ3n) is 2.65. The van der Waals surface area contributed by atoms with Gasteiger partial charge >= 0.3 is 0 Å². The van der Waals surface area contributed by atoms with E-state index in [2.05, 4.69) is 10.3 Å². The quantitative estimate of drug-likeness (QED) is 0.801. The molecule has 100 valence electrons. The maximum Gasteiger partial charge on any atom is 0.257 e. The van der Waals surface area contributed by atoms with Crippen molar-refractivity contribution in [3.8, 4) is 0 Å². The second kappa shape index (κ2) is 6.96. The zero-order chi connectivity index (χ0) is 13.5. The third-order valence-corrected chi connectivity index (χ3v) is 2.65. The summed E-state index contributed by atoms with van der Waals surface area (Å²) < 4.78 is 0. The summed E-state index contributed by atoms with van der Waals surface area (Å²) in [5.74, 6) is -0.0836. The first-order chi connectivity index (χ1) is 8.56. The molecule has 18 heavy (non-hydrogen) atoms. The van der Waals surface area contributed by atoms with Crippen LogP contribution in [0.5, 0.6) is 0 Å². The van der Waals surface area contributed by atoms with Gasteiger partial charge in [0.2, 0.25) is 0 Å². The number of rotatable bonds is 6. The van der Waals surface area contributed by atoms with Crippen molar-refractivity contribution in [1.82, 2.24) is 9.88 Å². The molecule has 0 saturated heterocycles. The van der Waals surface area contributed by atoms with Crippen molar-refractivity contribution in [2.75, 3.05) is 25.5 Å². The van der Waals surface area contributed by atoms with Crippen LogP contribution in [0.1, 0.15) is 30.6 Å². The van der Waals surface area contributed by atoms with E-state index >= 15 is 0 Å². The maximum atomic E-state index is 12.2. The largest absolute Gasteiger partial charge is 0.393 e. The van der Waals surface area contributed by atoms with Gasteiger partial charge in [0.25, 0.3) is 5.91 Å². The minimum absolute atomic E-state index is 0.0836. The van der Waals surface area contributed by atoms with Gasteiger partial charge in [-0.1, -0.05) is 0 Å². The Morgan fingerprint density at radius 1 is 1.61 bits per heavy atom. The summed E-state index contributed by atoms with van der Waals surface area (Å²) in [6.07, 6.45) is 3.39. The van der Waals surface area contributed by atoms with E-state index in [1.54, 1.807) is 37.3 Å². The summed E-state index contributed by atoms with van der Waals surface area (Å²) >= 11 is 0. The van der Waals surface area contributed by atoms with Gasteiger partial charge in [-0.15, -0.1) is 0 Å². The number of hydrogen-bond acceptors (Lipinski definition) is 4. The number of pyridine rings is 1. The molecule has 1 rings (SSSR count). The van der Waals surface area contributed by atoms with E-state index in [1.807, 2.05) is 6.92 Å². The van der Waals surface area contributed by atoms with Crippen LogP contribution in [0.3, 0.4) is 0 Å². The average Bonchev–Trinajstić information content (AvgIpc) is 2.36. The van der Waals surface area contributed by atoms with Crippen molar-refractivity contribution < 1.29 is 9.90 Å². The Bertz CT molecular complexity index is 394. The molecular formula is C13H21N3O2. The summed E-state index contributed by atoms with van der Waals surface area (Å²) in [5, 5.41) is 12.4. The lowest BCUT2D eigenvalue weighted by Gasteiger charge is -2.19. The number of amides is 1. The monoisotopic (exact) mass is 251 g/mol. The molecule has 1 aromatic rings. The minimum Gasteiger partial charge on any atom is -0.393 e. The molecule has 0 saturated carbocycles. The van der Waals surface area contributed by atoms with Crippen molar-refractivity contribution in [2.24, 2.45) is 0 Å². The van der Waals surface area contributed by atoms with Gasteiger partial charge in [0.05, 0.1) is 17.4 Å². The summed E-state index contributed by atoms with van der Waals surface area (Å²) in [5.41, 5.74) is 1.36. The molecule has 1 amide bonds. The zero-order valence-electron chi connectivity index (χ0n) is 11.2. The molecule has 0 aliphatic rings. The third kappa shape index (κ3) is 4.00. The number of nitrogens with zero attached hydrogens (tertiary/aromatic N) is 2. The molecule has 1 aromatic heterocycles. The Balaban J connectivity index is 2.76. The molecule has 0 radical (unpaired) electrons. The number of nitrogens with one attached hydrogen (secondary N) is 1. The average molecular weight is 251 g/mol. The first-order valence-electron chi connectivity index (χ1n) is 6.17. The summed E-state index contributed by atoms with van der Waals surface area (Å²) in [6.45, 7) is 4.97.